The van der Waals surface area contributed by atoms with Crippen LogP contribution in [-0.2, 0) is 14.8 Å². The first kappa shape index (κ1) is 20.9. The number of hydrogen-bond acceptors (Lipinski definition) is 4. The summed E-state index contributed by atoms with van der Waals surface area (Å²) in [6.45, 7) is 7.44. The van der Waals surface area contributed by atoms with Gasteiger partial charge in [0.1, 0.15) is 5.75 Å². The minimum atomic E-state index is -3.59. The molecule has 27 heavy (non-hydrogen) atoms. The molecule has 0 heterocycles. The van der Waals surface area contributed by atoms with Crippen LogP contribution in [0.4, 0.5) is 5.69 Å². The number of nitrogens with zero attached hydrogens (tertiary/aromatic N) is 1. The van der Waals surface area contributed by atoms with E-state index in [1.807, 2.05) is 32.9 Å². The van der Waals surface area contributed by atoms with E-state index in [2.05, 4.69) is 5.32 Å². The van der Waals surface area contributed by atoms with E-state index in [0.29, 0.717) is 17.0 Å². The van der Waals surface area contributed by atoms with Gasteiger partial charge >= 0.3 is 0 Å². The number of aryl methyl sites for hydroxylation is 4. The summed E-state index contributed by atoms with van der Waals surface area (Å²) in [5.41, 5.74) is 4.09. The highest BCUT2D eigenvalue weighted by molar-refractivity contribution is 7.89. The van der Waals surface area contributed by atoms with Crippen LogP contribution in [0.2, 0.25) is 0 Å². The normalized spacial score (nSPS) is 11.5. The summed E-state index contributed by atoms with van der Waals surface area (Å²) < 4.78 is 31.6. The maximum absolute atomic E-state index is 12.4. The maximum Gasteiger partial charge on any atom is 0.262 e. The second-order valence-electron chi connectivity index (χ2n) is 6.83. The fourth-order valence-electron chi connectivity index (χ4n) is 2.88. The number of rotatable bonds is 6. The van der Waals surface area contributed by atoms with Crippen molar-refractivity contribution >= 4 is 21.6 Å². The number of carbonyl (C=O) groups is 1. The van der Waals surface area contributed by atoms with Gasteiger partial charge in [-0.2, -0.15) is 0 Å². The Morgan fingerprint density at radius 3 is 2.15 bits per heavy atom. The molecule has 0 fully saturated rings. The third kappa shape index (κ3) is 4.87. The van der Waals surface area contributed by atoms with Gasteiger partial charge in [-0.05, 0) is 56.5 Å². The molecule has 0 spiro atoms. The fourth-order valence-corrected chi connectivity index (χ4v) is 4.03. The second-order valence-corrected chi connectivity index (χ2v) is 8.95. The number of nitrogens with one attached hydrogen (secondary N) is 1. The molecular weight excluding hydrogens is 364 g/mol. The molecule has 0 aromatic heterocycles. The van der Waals surface area contributed by atoms with Crippen molar-refractivity contribution in [3.63, 3.8) is 0 Å². The summed E-state index contributed by atoms with van der Waals surface area (Å²) >= 11 is 0. The molecular formula is C20H26N2O4S. The van der Waals surface area contributed by atoms with E-state index in [9.17, 15) is 13.2 Å². The Labute approximate surface area is 161 Å². The molecule has 2 rings (SSSR count). The summed E-state index contributed by atoms with van der Waals surface area (Å²) in [7, 11) is -0.641. The molecule has 2 aromatic rings. The van der Waals surface area contributed by atoms with Crippen molar-refractivity contribution in [1.82, 2.24) is 4.31 Å². The SMILES string of the molecule is Cc1cc(C)c(OCC(=O)Nc2ccc(C)c(S(=O)(=O)N(C)C)c2)c(C)c1. The van der Waals surface area contributed by atoms with Gasteiger partial charge < -0.3 is 10.1 Å². The minimum absolute atomic E-state index is 0.158. The highest BCUT2D eigenvalue weighted by Crippen LogP contribution is 2.25. The molecule has 0 saturated heterocycles. The average molecular weight is 391 g/mol. The molecule has 0 aliphatic heterocycles. The van der Waals surface area contributed by atoms with Gasteiger partial charge in [-0.3, -0.25) is 4.79 Å². The quantitative estimate of drug-likeness (QED) is 0.822. The molecule has 0 aliphatic carbocycles. The first-order valence-corrected chi connectivity index (χ1v) is 10.00. The lowest BCUT2D eigenvalue weighted by molar-refractivity contribution is -0.118. The lowest BCUT2D eigenvalue weighted by Gasteiger charge is -2.16. The van der Waals surface area contributed by atoms with E-state index >= 15 is 0 Å². The van der Waals surface area contributed by atoms with E-state index in [4.69, 9.17) is 4.74 Å². The van der Waals surface area contributed by atoms with Crippen molar-refractivity contribution in [2.45, 2.75) is 32.6 Å². The zero-order chi connectivity index (χ0) is 20.4. The zero-order valence-electron chi connectivity index (χ0n) is 16.6. The van der Waals surface area contributed by atoms with Gasteiger partial charge in [-0.25, -0.2) is 12.7 Å². The van der Waals surface area contributed by atoms with Crippen LogP contribution in [0.5, 0.6) is 5.75 Å². The monoisotopic (exact) mass is 390 g/mol. The maximum atomic E-state index is 12.4. The number of benzene rings is 2. The molecule has 0 aliphatic rings. The van der Waals surface area contributed by atoms with Gasteiger partial charge in [0.15, 0.2) is 6.61 Å². The molecule has 0 atom stereocenters. The van der Waals surface area contributed by atoms with Gasteiger partial charge in [-0.1, -0.05) is 23.8 Å². The fraction of sp³-hybridized carbons (Fsp3) is 0.350. The first-order valence-electron chi connectivity index (χ1n) is 8.56. The van der Waals surface area contributed by atoms with Gasteiger partial charge in [0.2, 0.25) is 10.0 Å². The van der Waals surface area contributed by atoms with E-state index in [1.165, 1.54) is 20.2 Å². The van der Waals surface area contributed by atoms with E-state index in [0.717, 1.165) is 21.0 Å². The third-order valence-electron chi connectivity index (χ3n) is 4.18. The van der Waals surface area contributed by atoms with E-state index in [-0.39, 0.29) is 17.4 Å². The number of amides is 1. The highest BCUT2D eigenvalue weighted by Gasteiger charge is 2.20. The van der Waals surface area contributed by atoms with Gasteiger partial charge in [0.25, 0.3) is 5.91 Å². The molecule has 2 aromatic carbocycles. The van der Waals surface area contributed by atoms with Gasteiger partial charge in [0, 0.05) is 19.8 Å². The first-order chi connectivity index (χ1) is 12.5. The van der Waals surface area contributed by atoms with Crippen LogP contribution in [-0.4, -0.2) is 39.3 Å². The molecule has 0 unspecified atom stereocenters. The number of ether oxygens (including phenoxy) is 1. The molecule has 0 radical (unpaired) electrons. The highest BCUT2D eigenvalue weighted by atomic mass is 32.2. The van der Waals surface area contributed by atoms with Crippen molar-refractivity contribution in [2.75, 3.05) is 26.0 Å². The Morgan fingerprint density at radius 2 is 1.59 bits per heavy atom. The van der Waals surface area contributed by atoms with Gasteiger partial charge in [0.05, 0.1) is 4.90 Å². The summed E-state index contributed by atoms with van der Waals surface area (Å²) in [6.07, 6.45) is 0. The van der Waals surface area contributed by atoms with Crippen molar-refractivity contribution in [3.8, 4) is 5.75 Å². The van der Waals surface area contributed by atoms with E-state index < -0.39 is 10.0 Å². The van der Waals surface area contributed by atoms with Crippen LogP contribution in [0, 0.1) is 27.7 Å². The number of sulfonamides is 1. The van der Waals surface area contributed by atoms with Crippen LogP contribution in [0.15, 0.2) is 35.2 Å². The standard InChI is InChI=1S/C20H26N2O4S/c1-13-9-15(3)20(16(4)10-13)26-12-19(23)21-17-8-7-14(2)18(11-17)27(24,25)22(5)6/h7-11H,12H2,1-6H3,(H,21,23). The second kappa shape index (κ2) is 8.10. The predicted molar refractivity (Wildman–Crippen MR) is 107 cm³/mol. The van der Waals surface area contributed by atoms with Crippen LogP contribution in [0.1, 0.15) is 22.3 Å². The summed E-state index contributed by atoms with van der Waals surface area (Å²) in [6, 6.07) is 8.80. The number of anilines is 1. The lowest BCUT2D eigenvalue weighted by atomic mass is 10.1. The largest absolute Gasteiger partial charge is 0.483 e. The number of carbonyl (C=O) groups excluding carboxylic acids is 1. The van der Waals surface area contributed by atoms with Crippen LogP contribution in [0.3, 0.4) is 0 Å². The lowest BCUT2D eigenvalue weighted by Crippen LogP contribution is -2.24. The topological polar surface area (TPSA) is 75.7 Å². The van der Waals surface area contributed by atoms with Crippen LogP contribution >= 0.6 is 0 Å². The Balaban J connectivity index is 2.13. The van der Waals surface area contributed by atoms with Gasteiger partial charge in [-0.15, -0.1) is 0 Å². The predicted octanol–water partition coefficient (Wildman–Crippen LogP) is 3.19. The Kier molecular flexibility index (Phi) is 6.28. The van der Waals surface area contributed by atoms with Crippen molar-refractivity contribution in [3.05, 3.63) is 52.6 Å². The number of hydrogen-bond donors (Lipinski definition) is 1. The zero-order valence-corrected chi connectivity index (χ0v) is 17.4. The average Bonchev–Trinajstić information content (AvgIpc) is 2.55. The van der Waals surface area contributed by atoms with Crippen LogP contribution < -0.4 is 10.1 Å². The van der Waals surface area contributed by atoms with Crippen molar-refractivity contribution < 1.29 is 17.9 Å². The molecule has 0 bridgehead atoms. The Bertz CT molecular complexity index is 943. The molecule has 1 N–H and O–H groups in total. The molecule has 1 amide bonds. The van der Waals surface area contributed by atoms with Crippen molar-refractivity contribution in [2.24, 2.45) is 0 Å². The minimum Gasteiger partial charge on any atom is -0.483 e. The summed E-state index contributed by atoms with van der Waals surface area (Å²) in [5.74, 6) is 0.335. The van der Waals surface area contributed by atoms with Crippen molar-refractivity contribution in [1.29, 1.82) is 0 Å². The summed E-state index contributed by atoms with van der Waals surface area (Å²) in [5, 5.41) is 2.69. The third-order valence-corrected chi connectivity index (χ3v) is 6.14. The molecule has 6 nitrogen and oxygen atoms in total. The molecule has 146 valence electrons. The summed E-state index contributed by atoms with van der Waals surface area (Å²) in [4.78, 5) is 12.4. The van der Waals surface area contributed by atoms with E-state index in [1.54, 1.807) is 19.1 Å². The smallest absolute Gasteiger partial charge is 0.262 e. The molecule has 7 heteroatoms. The molecule has 0 saturated carbocycles. The Morgan fingerprint density at radius 1 is 1.00 bits per heavy atom. The van der Waals surface area contributed by atoms with Crippen LogP contribution in [0.25, 0.3) is 0 Å². The Hall–Kier alpha value is -2.38.